The molecule has 0 saturated carbocycles. The van der Waals surface area contributed by atoms with Gasteiger partial charge in [0, 0.05) is 50.7 Å². The molecule has 0 bridgehead atoms. The van der Waals surface area contributed by atoms with Crippen LogP contribution in [0.3, 0.4) is 0 Å². The van der Waals surface area contributed by atoms with Gasteiger partial charge in [-0.15, -0.1) is 0 Å². The van der Waals surface area contributed by atoms with Crippen molar-refractivity contribution in [2.24, 2.45) is 5.41 Å². The Bertz CT molecular complexity index is 366. The van der Waals surface area contributed by atoms with Crippen LogP contribution in [0.1, 0.15) is 34.1 Å². The predicted octanol–water partition coefficient (Wildman–Crippen LogP) is 1.98. The van der Waals surface area contributed by atoms with Crippen LogP contribution < -0.4 is 5.32 Å². The van der Waals surface area contributed by atoms with Crippen LogP contribution in [0.4, 0.5) is 0 Å². The van der Waals surface area contributed by atoms with Gasteiger partial charge in [0.1, 0.15) is 0 Å². The van der Waals surface area contributed by atoms with Gasteiger partial charge < -0.3 is 9.88 Å². The van der Waals surface area contributed by atoms with Gasteiger partial charge in [-0.25, -0.2) is 4.98 Å². The number of nitrogens with one attached hydrogen (secondary N) is 1. The van der Waals surface area contributed by atoms with Crippen LogP contribution in [0.25, 0.3) is 0 Å². The Morgan fingerprint density at radius 2 is 2.11 bits per heavy atom. The van der Waals surface area contributed by atoms with Crippen molar-refractivity contribution in [3.8, 4) is 0 Å². The summed E-state index contributed by atoms with van der Waals surface area (Å²) in [6.45, 7) is 13.8. The lowest BCUT2D eigenvalue weighted by Gasteiger charge is -2.44. The molecule has 19 heavy (non-hydrogen) atoms. The fraction of sp³-hybridized carbons (Fsp3) is 0.800. The standard InChI is InChI=1S/C15H28N4/c1-13-10-17-14(15(2,3)4)11-19(13)8-5-7-18-9-6-16-12-18/h6,9,12-14,17H,5,7-8,10-11H2,1-4H3. The van der Waals surface area contributed by atoms with Gasteiger partial charge in [-0.05, 0) is 18.8 Å². The minimum Gasteiger partial charge on any atom is -0.337 e. The van der Waals surface area contributed by atoms with E-state index in [1.807, 2.05) is 18.7 Å². The summed E-state index contributed by atoms with van der Waals surface area (Å²) in [5, 5.41) is 3.69. The van der Waals surface area contributed by atoms with Crippen molar-refractivity contribution in [3.05, 3.63) is 18.7 Å². The molecular formula is C15H28N4. The Hall–Kier alpha value is -0.870. The van der Waals surface area contributed by atoms with Crippen LogP contribution in [0.15, 0.2) is 18.7 Å². The number of hydrogen-bond donors (Lipinski definition) is 1. The highest BCUT2D eigenvalue weighted by atomic mass is 15.2. The van der Waals surface area contributed by atoms with Crippen molar-refractivity contribution in [2.75, 3.05) is 19.6 Å². The first-order valence-corrected chi connectivity index (χ1v) is 7.40. The van der Waals surface area contributed by atoms with Crippen LogP contribution in [-0.2, 0) is 6.54 Å². The van der Waals surface area contributed by atoms with Gasteiger partial charge in [0.25, 0.3) is 0 Å². The molecule has 0 spiro atoms. The van der Waals surface area contributed by atoms with Gasteiger partial charge in [-0.2, -0.15) is 0 Å². The summed E-state index contributed by atoms with van der Waals surface area (Å²) < 4.78 is 2.16. The maximum atomic E-state index is 4.09. The molecule has 1 N–H and O–H groups in total. The number of aromatic nitrogens is 2. The van der Waals surface area contributed by atoms with Crippen LogP contribution in [0.2, 0.25) is 0 Å². The Balaban J connectivity index is 1.80. The number of piperazine rings is 1. The van der Waals surface area contributed by atoms with Crippen LogP contribution in [-0.4, -0.2) is 46.2 Å². The number of imidazole rings is 1. The molecule has 0 amide bonds. The van der Waals surface area contributed by atoms with Crippen molar-refractivity contribution in [3.63, 3.8) is 0 Å². The van der Waals surface area contributed by atoms with E-state index < -0.39 is 0 Å². The van der Waals surface area contributed by atoms with Gasteiger partial charge in [-0.1, -0.05) is 20.8 Å². The average Bonchev–Trinajstić information content (AvgIpc) is 2.83. The summed E-state index contributed by atoms with van der Waals surface area (Å²) in [5.41, 5.74) is 0.336. The molecule has 0 radical (unpaired) electrons. The molecule has 2 unspecified atom stereocenters. The molecule has 1 aliphatic rings. The molecule has 2 rings (SSSR count). The maximum Gasteiger partial charge on any atom is 0.0945 e. The maximum absolute atomic E-state index is 4.09. The lowest BCUT2D eigenvalue weighted by molar-refractivity contribution is 0.0917. The van der Waals surface area contributed by atoms with Crippen LogP contribution >= 0.6 is 0 Å². The highest BCUT2D eigenvalue weighted by molar-refractivity contribution is 4.90. The van der Waals surface area contributed by atoms with E-state index >= 15 is 0 Å². The SMILES string of the molecule is CC1CNC(C(C)(C)C)CN1CCCn1ccnc1. The smallest absolute Gasteiger partial charge is 0.0945 e. The zero-order chi connectivity index (χ0) is 13.9. The van der Waals surface area contributed by atoms with Crippen LogP contribution in [0, 0.1) is 5.41 Å². The van der Waals surface area contributed by atoms with Gasteiger partial charge in [0.05, 0.1) is 6.33 Å². The summed E-state index contributed by atoms with van der Waals surface area (Å²) in [4.78, 5) is 6.71. The van der Waals surface area contributed by atoms with Gasteiger partial charge in [0.15, 0.2) is 0 Å². The van der Waals surface area contributed by atoms with Gasteiger partial charge >= 0.3 is 0 Å². The quantitative estimate of drug-likeness (QED) is 0.903. The van der Waals surface area contributed by atoms with E-state index in [-0.39, 0.29) is 0 Å². The number of hydrogen-bond acceptors (Lipinski definition) is 3. The molecule has 0 aromatic carbocycles. The Morgan fingerprint density at radius 1 is 1.32 bits per heavy atom. The van der Waals surface area contributed by atoms with Crippen LogP contribution in [0.5, 0.6) is 0 Å². The molecule has 0 aliphatic carbocycles. The normalized spacial score (nSPS) is 25.7. The fourth-order valence-electron chi connectivity index (χ4n) is 2.69. The number of rotatable bonds is 4. The Kier molecular flexibility index (Phi) is 4.63. The highest BCUT2D eigenvalue weighted by Gasteiger charge is 2.31. The third kappa shape index (κ3) is 4.05. The van der Waals surface area contributed by atoms with Crippen molar-refractivity contribution in [2.45, 2.75) is 52.7 Å². The molecular weight excluding hydrogens is 236 g/mol. The fourth-order valence-corrected chi connectivity index (χ4v) is 2.69. The largest absolute Gasteiger partial charge is 0.337 e. The average molecular weight is 264 g/mol. The minimum absolute atomic E-state index is 0.336. The van der Waals surface area contributed by atoms with E-state index in [9.17, 15) is 0 Å². The molecule has 1 fully saturated rings. The summed E-state index contributed by atoms with van der Waals surface area (Å²) in [5.74, 6) is 0. The summed E-state index contributed by atoms with van der Waals surface area (Å²) in [6, 6.07) is 1.23. The molecule has 1 aliphatic heterocycles. The number of aryl methyl sites for hydroxylation is 1. The second-order valence-corrected chi connectivity index (χ2v) is 6.82. The summed E-state index contributed by atoms with van der Waals surface area (Å²) >= 11 is 0. The minimum atomic E-state index is 0.336. The van der Waals surface area contributed by atoms with E-state index in [2.05, 4.69) is 47.5 Å². The third-order valence-corrected chi connectivity index (χ3v) is 4.17. The molecule has 108 valence electrons. The van der Waals surface area contributed by atoms with Crippen molar-refractivity contribution in [1.29, 1.82) is 0 Å². The molecule has 2 atom stereocenters. The zero-order valence-electron chi connectivity index (χ0n) is 12.8. The van der Waals surface area contributed by atoms with Crippen molar-refractivity contribution < 1.29 is 0 Å². The van der Waals surface area contributed by atoms with Gasteiger partial charge in [0.2, 0.25) is 0 Å². The second kappa shape index (κ2) is 6.06. The Morgan fingerprint density at radius 3 is 2.74 bits per heavy atom. The summed E-state index contributed by atoms with van der Waals surface area (Å²) in [7, 11) is 0. The van der Waals surface area contributed by atoms with Crippen molar-refractivity contribution in [1.82, 2.24) is 19.8 Å². The highest BCUT2D eigenvalue weighted by Crippen LogP contribution is 2.23. The summed E-state index contributed by atoms with van der Waals surface area (Å²) in [6.07, 6.45) is 6.99. The first-order valence-electron chi connectivity index (χ1n) is 7.40. The topological polar surface area (TPSA) is 33.1 Å². The van der Waals surface area contributed by atoms with E-state index in [0.29, 0.717) is 17.5 Å². The van der Waals surface area contributed by atoms with E-state index in [0.717, 1.165) is 19.6 Å². The molecule has 1 saturated heterocycles. The lowest BCUT2D eigenvalue weighted by Crippen LogP contribution is -2.59. The molecule has 1 aromatic heterocycles. The lowest BCUT2D eigenvalue weighted by atomic mass is 9.85. The molecule has 1 aromatic rings. The first kappa shape index (κ1) is 14.5. The van der Waals surface area contributed by atoms with E-state index in [1.54, 1.807) is 0 Å². The number of nitrogens with zero attached hydrogens (tertiary/aromatic N) is 3. The molecule has 2 heterocycles. The second-order valence-electron chi connectivity index (χ2n) is 6.82. The predicted molar refractivity (Wildman–Crippen MR) is 79.1 cm³/mol. The molecule has 4 nitrogen and oxygen atoms in total. The van der Waals surface area contributed by atoms with E-state index in [1.165, 1.54) is 13.0 Å². The third-order valence-electron chi connectivity index (χ3n) is 4.17. The van der Waals surface area contributed by atoms with E-state index in [4.69, 9.17) is 0 Å². The Labute approximate surface area is 117 Å². The van der Waals surface area contributed by atoms with Crippen molar-refractivity contribution >= 4 is 0 Å². The first-order chi connectivity index (χ1) is 8.97. The zero-order valence-corrected chi connectivity index (χ0v) is 12.8. The van der Waals surface area contributed by atoms with Gasteiger partial charge in [-0.3, -0.25) is 4.90 Å². The molecule has 4 heteroatoms. The monoisotopic (exact) mass is 264 g/mol.